The number of imidazole rings is 1. The first-order valence-corrected chi connectivity index (χ1v) is 8.88. The minimum Gasteiger partial charge on any atom is -0.492 e. The van der Waals surface area contributed by atoms with Gasteiger partial charge in [0.05, 0.1) is 24.1 Å². The Morgan fingerprint density at radius 2 is 2.04 bits per heavy atom. The molecule has 0 radical (unpaired) electrons. The van der Waals surface area contributed by atoms with Gasteiger partial charge in [-0.2, -0.15) is 0 Å². The van der Waals surface area contributed by atoms with Crippen LogP contribution in [0.15, 0.2) is 42.5 Å². The molecular formula is C20H22ClN3O2. The first kappa shape index (κ1) is 18.3. The SMILES string of the molecule is CC(=O)N(C)Cc1nc2ccccc2n1CCOc1ccc(Cl)c(C)c1. The number of aromatic nitrogens is 2. The number of amides is 1. The number of carbonyl (C=O) groups excluding carboxylic acids is 1. The van der Waals surface area contributed by atoms with Gasteiger partial charge in [-0.3, -0.25) is 4.79 Å². The Labute approximate surface area is 158 Å². The van der Waals surface area contributed by atoms with E-state index in [-0.39, 0.29) is 5.91 Å². The summed E-state index contributed by atoms with van der Waals surface area (Å²) in [5.41, 5.74) is 2.94. The Morgan fingerprint density at radius 1 is 1.27 bits per heavy atom. The van der Waals surface area contributed by atoms with Crippen molar-refractivity contribution in [3.05, 3.63) is 58.9 Å². The Hall–Kier alpha value is -2.53. The molecule has 0 aliphatic carbocycles. The standard InChI is InChI=1S/C20H22ClN3O2/c1-14-12-16(8-9-17(14)21)26-11-10-24-19-7-5-4-6-18(19)22-20(24)13-23(3)15(2)25/h4-9,12H,10-11,13H2,1-3H3. The molecule has 3 rings (SSSR count). The zero-order chi connectivity index (χ0) is 18.7. The van der Waals surface area contributed by atoms with E-state index in [9.17, 15) is 4.79 Å². The van der Waals surface area contributed by atoms with Gasteiger partial charge in [0.1, 0.15) is 18.2 Å². The van der Waals surface area contributed by atoms with E-state index in [4.69, 9.17) is 16.3 Å². The lowest BCUT2D eigenvalue weighted by molar-refractivity contribution is -0.128. The normalized spacial score (nSPS) is 10.9. The van der Waals surface area contributed by atoms with Gasteiger partial charge in [-0.05, 0) is 42.8 Å². The van der Waals surface area contributed by atoms with E-state index >= 15 is 0 Å². The van der Waals surface area contributed by atoms with Gasteiger partial charge in [0.15, 0.2) is 0 Å². The summed E-state index contributed by atoms with van der Waals surface area (Å²) in [5, 5.41) is 0.729. The Kier molecular flexibility index (Phi) is 5.47. The molecule has 0 atom stereocenters. The van der Waals surface area contributed by atoms with Crippen molar-refractivity contribution in [3.63, 3.8) is 0 Å². The fraction of sp³-hybridized carbons (Fsp3) is 0.300. The van der Waals surface area contributed by atoms with Crippen molar-refractivity contribution >= 4 is 28.5 Å². The van der Waals surface area contributed by atoms with Gasteiger partial charge in [0.25, 0.3) is 0 Å². The molecule has 0 aliphatic rings. The predicted octanol–water partition coefficient (Wildman–Crippen LogP) is 4.06. The molecule has 0 bridgehead atoms. The van der Waals surface area contributed by atoms with Gasteiger partial charge in [0, 0.05) is 19.0 Å². The van der Waals surface area contributed by atoms with Crippen LogP contribution in [0.3, 0.4) is 0 Å². The minimum atomic E-state index is 0.0106. The predicted molar refractivity (Wildman–Crippen MR) is 104 cm³/mol. The molecule has 2 aromatic carbocycles. The third-order valence-corrected chi connectivity index (χ3v) is 4.79. The lowest BCUT2D eigenvalue weighted by Gasteiger charge is -2.16. The summed E-state index contributed by atoms with van der Waals surface area (Å²) in [6, 6.07) is 13.6. The first-order valence-electron chi connectivity index (χ1n) is 8.50. The van der Waals surface area contributed by atoms with E-state index in [1.807, 2.05) is 49.4 Å². The molecule has 0 N–H and O–H groups in total. The molecule has 0 unspecified atom stereocenters. The third-order valence-electron chi connectivity index (χ3n) is 4.36. The lowest BCUT2D eigenvalue weighted by atomic mass is 10.2. The molecule has 0 fully saturated rings. The van der Waals surface area contributed by atoms with Gasteiger partial charge in [-0.25, -0.2) is 4.98 Å². The van der Waals surface area contributed by atoms with Crippen molar-refractivity contribution in [2.75, 3.05) is 13.7 Å². The van der Waals surface area contributed by atoms with Gasteiger partial charge in [-0.1, -0.05) is 23.7 Å². The number of benzene rings is 2. The molecule has 6 heteroatoms. The zero-order valence-electron chi connectivity index (χ0n) is 15.2. The number of nitrogens with zero attached hydrogens (tertiary/aromatic N) is 3. The maximum absolute atomic E-state index is 11.6. The number of para-hydroxylation sites is 2. The van der Waals surface area contributed by atoms with E-state index in [1.165, 1.54) is 0 Å². The average Bonchev–Trinajstić information content (AvgIpc) is 2.95. The average molecular weight is 372 g/mol. The van der Waals surface area contributed by atoms with Crippen LogP contribution in [0.1, 0.15) is 18.3 Å². The fourth-order valence-corrected chi connectivity index (χ4v) is 2.90. The van der Waals surface area contributed by atoms with Gasteiger partial charge in [-0.15, -0.1) is 0 Å². The summed E-state index contributed by atoms with van der Waals surface area (Å²) in [6.07, 6.45) is 0. The molecule has 136 valence electrons. The highest BCUT2D eigenvalue weighted by Crippen LogP contribution is 2.22. The quantitative estimate of drug-likeness (QED) is 0.656. The second-order valence-corrected chi connectivity index (χ2v) is 6.71. The van der Waals surface area contributed by atoms with Crippen LogP contribution in [0.2, 0.25) is 5.02 Å². The van der Waals surface area contributed by atoms with E-state index in [2.05, 4.69) is 9.55 Å². The van der Waals surface area contributed by atoms with Crippen molar-refractivity contribution in [1.29, 1.82) is 0 Å². The molecule has 5 nitrogen and oxygen atoms in total. The number of hydrogen-bond acceptors (Lipinski definition) is 3. The van der Waals surface area contributed by atoms with Crippen LogP contribution in [-0.2, 0) is 17.9 Å². The van der Waals surface area contributed by atoms with Crippen LogP contribution in [0, 0.1) is 6.92 Å². The molecule has 0 aliphatic heterocycles. The van der Waals surface area contributed by atoms with Crippen molar-refractivity contribution in [3.8, 4) is 5.75 Å². The van der Waals surface area contributed by atoms with Crippen LogP contribution in [0.4, 0.5) is 0 Å². The van der Waals surface area contributed by atoms with Crippen molar-refractivity contribution < 1.29 is 9.53 Å². The van der Waals surface area contributed by atoms with Gasteiger partial charge < -0.3 is 14.2 Å². The number of carbonyl (C=O) groups is 1. The second kappa shape index (κ2) is 7.79. The second-order valence-electron chi connectivity index (χ2n) is 6.30. The van der Waals surface area contributed by atoms with Crippen LogP contribution < -0.4 is 4.74 Å². The van der Waals surface area contributed by atoms with Crippen LogP contribution in [0.5, 0.6) is 5.75 Å². The topological polar surface area (TPSA) is 47.4 Å². The Bertz CT molecular complexity index is 936. The summed E-state index contributed by atoms with van der Waals surface area (Å²) in [5.74, 6) is 1.65. The summed E-state index contributed by atoms with van der Waals surface area (Å²) in [4.78, 5) is 17.9. The Morgan fingerprint density at radius 3 is 2.77 bits per heavy atom. The number of hydrogen-bond donors (Lipinski definition) is 0. The number of rotatable bonds is 6. The highest BCUT2D eigenvalue weighted by atomic mass is 35.5. The zero-order valence-corrected chi connectivity index (χ0v) is 16.0. The molecule has 0 saturated carbocycles. The lowest BCUT2D eigenvalue weighted by Crippen LogP contribution is -2.25. The van der Waals surface area contributed by atoms with Crippen molar-refractivity contribution in [1.82, 2.24) is 14.5 Å². The molecule has 1 amide bonds. The summed E-state index contributed by atoms with van der Waals surface area (Å²) in [7, 11) is 1.78. The number of halogens is 1. The Balaban J connectivity index is 1.78. The van der Waals surface area contributed by atoms with Crippen LogP contribution in [0.25, 0.3) is 11.0 Å². The maximum Gasteiger partial charge on any atom is 0.219 e. The molecule has 26 heavy (non-hydrogen) atoms. The monoisotopic (exact) mass is 371 g/mol. The van der Waals surface area contributed by atoms with E-state index in [0.29, 0.717) is 19.7 Å². The van der Waals surface area contributed by atoms with Crippen LogP contribution in [-0.4, -0.2) is 34.0 Å². The smallest absolute Gasteiger partial charge is 0.219 e. The van der Waals surface area contributed by atoms with E-state index in [0.717, 1.165) is 33.2 Å². The third kappa shape index (κ3) is 3.99. The molecule has 1 aromatic heterocycles. The van der Waals surface area contributed by atoms with Crippen LogP contribution >= 0.6 is 11.6 Å². The van der Waals surface area contributed by atoms with Gasteiger partial charge >= 0.3 is 0 Å². The minimum absolute atomic E-state index is 0.0106. The molecular weight excluding hydrogens is 350 g/mol. The van der Waals surface area contributed by atoms with Gasteiger partial charge in [0.2, 0.25) is 5.91 Å². The summed E-state index contributed by atoms with van der Waals surface area (Å²) >= 11 is 6.06. The largest absolute Gasteiger partial charge is 0.492 e. The first-order chi connectivity index (χ1) is 12.5. The maximum atomic E-state index is 11.6. The van der Waals surface area contributed by atoms with E-state index < -0.39 is 0 Å². The van der Waals surface area contributed by atoms with Crippen molar-refractivity contribution in [2.45, 2.75) is 26.9 Å². The van der Waals surface area contributed by atoms with Crippen molar-refractivity contribution in [2.24, 2.45) is 0 Å². The summed E-state index contributed by atoms with van der Waals surface area (Å²) < 4.78 is 7.99. The van der Waals surface area contributed by atoms with E-state index in [1.54, 1.807) is 18.9 Å². The molecule has 0 saturated heterocycles. The molecule has 0 spiro atoms. The number of fused-ring (bicyclic) bond motifs is 1. The molecule has 3 aromatic rings. The molecule has 1 heterocycles. The highest BCUT2D eigenvalue weighted by molar-refractivity contribution is 6.31. The fourth-order valence-electron chi connectivity index (χ4n) is 2.78. The highest BCUT2D eigenvalue weighted by Gasteiger charge is 2.13. The number of ether oxygens (including phenoxy) is 1. The summed E-state index contributed by atoms with van der Waals surface area (Å²) in [6.45, 7) is 5.11. The number of aryl methyl sites for hydroxylation is 1.